The number of amides is 2. The van der Waals surface area contributed by atoms with Crippen molar-refractivity contribution >= 4 is 22.7 Å². The van der Waals surface area contributed by atoms with Gasteiger partial charge in [0.2, 0.25) is 11.8 Å². The second-order valence-corrected chi connectivity index (χ2v) is 4.92. The molecule has 0 radical (unpaired) electrons. The zero-order valence-electron chi connectivity index (χ0n) is 9.51. The largest absolute Gasteiger partial charge is 0.295 e. The van der Waals surface area contributed by atoms with E-state index in [4.69, 9.17) is 0 Å². The van der Waals surface area contributed by atoms with Crippen molar-refractivity contribution in [2.75, 3.05) is 0 Å². The minimum absolute atomic E-state index is 0.138. The van der Waals surface area contributed by atoms with Crippen molar-refractivity contribution in [3.05, 3.63) is 42.1 Å². The number of pyridine rings is 1. The summed E-state index contributed by atoms with van der Waals surface area (Å²) >= 11 is 0. The summed E-state index contributed by atoms with van der Waals surface area (Å²) in [7, 11) is 0. The lowest BCUT2D eigenvalue weighted by Crippen LogP contribution is -2.30. The molecule has 2 fully saturated rings. The van der Waals surface area contributed by atoms with Crippen LogP contribution in [-0.4, -0.2) is 16.8 Å². The normalized spacial score (nSPS) is 29.2. The number of nitrogens with zero attached hydrogens (tertiary/aromatic N) is 1. The Morgan fingerprint density at radius 3 is 2.83 bits per heavy atom. The van der Waals surface area contributed by atoms with Gasteiger partial charge >= 0.3 is 0 Å². The molecule has 2 atom stereocenters. The van der Waals surface area contributed by atoms with Crippen LogP contribution in [0.15, 0.2) is 36.5 Å². The highest BCUT2D eigenvalue weighted by Gasteiger charge is 2.69. The van der Waals surface area contributed by atoms with Crippen molar-refractivity contribution in [2.24, 2.45) is 5.92 Å². The lowest BCUT2D eigenvalue weighted by molar-refractivity contribution is -0.127. The Hall–Kier alpha value is -2.23. The van der Waals surface area contributed by atoms with Crippen LogP contribution in [0.4, 0.5) is 0 Å². The van der Waals surface area contributed by atoms with Crippen molar-refractivity contribution in [1.29, 1.82) is 0 Å². The zero-order chi connectivity index (χ0) is 12.3. The number of nitrogens with one attached hydrogen (secondary N) is 1. The molecule has 4 heteroatoms. The number of carbonyl (C=O) groups excluding carboxylic acids is 2. The molecule has 2 aliphatic rings. The third-order valence-electron chi connectivity index (χ3n) is 4.05. The fourth-order valence-corrected chi connectivity index (χ4v) is 3.05. The number of imide groups is 1. The summed E-state index contributed by atoms with van der Waals surface area (Å²) in [6.07, 6.45) is 2.36. The average Bonchev–Trinajstić information content (AvgIpc) is 3.09. The standard InChI is InChI=1S/C14H10N2O2/c17-12-10-7-14(10,13(18)16-12)9-4-1-5-11-8(9)3-2-6-15-11/h1-6,10H,7H2,(H,16,17,18)/t10-,14+/m1/s1. The van der Waals surface area contributed by atoms with E-state index in [-0.39, 0.29) is 17.7 Å². The van der Waals surface area contributed by atoms with Gasteiger partial charge in [-0.3, -0.25) is 19.9 Å². The van der Waals surface area contributed by atoms with Gasteiger partial charge in [0.25, 0.3) is 0 Å². The Morgan fingerprint density at radius 1 is 1.22 bits per heavy atom. The summed E-state index contributed by atoms with van der Waals surface area (Å²) < 4.78 is 0. The van der Waals surface area contributed by atoms with Gasteiger partial charge in [0, 0.05) is 11.6 Å². The molecule has 88 valence electrons. The maximum atomic E-state index is 12.0. The second-order valence-electron chi connectivity index (χ2n) is 4.92. The highest BCUT2D eigenvalue weighted by molar-refractivity contribution is 6.16. The van der Waals surface area contributed by atoms with Crippen LogP contribution in [0, 0.1) is 5.92 Å². The van der Waals surface area contributed by atoms with E-state index in [1.165, 1.54) is 0 Å². The van der Waals surface area contributed by atoms with E-state index in [1.807, 2.05) is 30.3 Å². The van der Waals surface area contributed by atoms with Gasteiger partial charge < -0.3 is 0 Å². The summed E-state index contributed by atoms with van der Waals surface area (Å²) in [4.78, 5) is 27.9. The van der Waals surface area contributed by atoms with Gasteiger partial charge in [0.1, 0.15) is 0 Å². The van der Waals surface area contributed by atoms with E-state index < -0.39 is 5.41 Å². The minimum Gasteiger partial charge on any atom is -0.295 e. The summed E-state index contributed by atoms with van der Waals surface area (Å²) in [5.74, 6) is -0.481. The van der Waals surface area contributed by atoms with Crippen LogP contribution in [-0.2, 0) is 15.0 Å². The third kappa shape index (κ3) is 0.984. The van der Waals surface area contributed by atoms with Gasteiger partial charge in [0.15, 0.2) is 0 Å². The number of fused-ring (bicyclic) bond motifs is 2. The molecule has 2 heterocycles. The van der Waals surface area contributed by atoms with Crippen LogP contribution in [0.25, 0.3) is 10.9 Å². The minimum atomic E-state index is -0.625. The van der Waals surface area contributed by atoms with Gasteiger partial charge in [-0.05, 0) is 24.1 Å². The molecule has 1 saturated heterocycles. The van der Waals surface area contributed by atoms with E-state index in [2.05, 4.69) is 10.3 Å². The van der Waals surface area contributed by atoms with Crippen LogP contribution in [0.3, 0.4) is 0 Å². The molecule has 4 rings (SSSR count). The quantitative estimate of drug-likeness (QED) is 0.758. The molecular weight excluding hydrogens is 228 g/mol. The summed E-state index contributed by atoms with van der Waals surface area (Å²) in [5, 5.41) is 3.39. The molecule has 0 spiro atoms. The van der Waals surface area contributed by atoms with Gasteiger partial charge in [-0.25, -0.2) is 0 Å². The highest BCUT2D eigenvalue weighted by atomic mass is 16.2. The maximum absolute atomic E-state index is 12.0. The first-order valence-corrected chi connectivity index (χ1v) is 5.93. The van der Waals surface area contributed by atoms with Crippen LogP contribution < -0.4 is 5.32 Å². The molecule has 1 aromatic carbocycles. The van der Waals surface area contributed by atoms with E-state index in [9.17, 15) is 9.59 Å². The number of benzene rings is 1. The number of aromatic nitrogens is 1. The molecule has 2 aromatic rings. The monoisotopic (exact) mass is 238 g/mol. The summed E-state index contributed by atoms with van der Waals surface area (Å²) in [6.45, 7) is 0. The van der Waals surface area contributed by atoms with Crippen molar-refractivity contribution in [3.63, 3.8) is 0 Å². The molecular formula is C14H10N2O2. The number of carbonyl (C=O) groups is 2. The lowest BCUT2D eigenvalue weighted by Gasteiger charge is -2.12. The predicted octanol–water partition coefficient (Wildman–Crippen LogP) is 1.15. The fraction of sp³-hybridized carbons (Fsp3) is 0.214. The Bertz CT molecular complexity index is 705. The van der Waals surface area contributed by atoms with Gasteiger partial charge in [-0.1, -0.05) is 18.2 Å². The molecule has 0 unspecified atom stereocenters. The zero-order valence-corrected chi connectivity index (χ0v) is 9.51. The molecule has 1 N–H and O–H groups in total. The van der Waals surface area contributed by atoms with E-state index in [0.29, 0.717) is 6.42 Å². The van der Waals surface area contributed by atoms with Crippen molar-refractivity contribution in [3.8, 4) is 0 Å². The first-order chi connectivity index (χ1) is 8.73. The smallest absolute Gasteiger partial charge is 0.238 e. The third-order valence-corrected chi connectivity index (χ3v) is 4.05. The lowest BCUT2D eigenvalue weighted by atomic mass is 9.91. The summed E-state index contributed by atoms with van der Waals surface area (Å²) in [6, 6.07) is 9.56. The fourth-order valence-electron chi connectivity index (χ4n) is 3.05. The number of hydrogen-bond donors (Lipinski definition) is 1. The summed E-state index contributed by atoms with van der Waals surface area (Å²) in [5.41, 5.74) is 1.17. The van der Waals surface area contributed by atoms with Gasteiger partial charge in [0.05, 0.1) is 16.8 Å². The number of hydrogen-bond acceptors (Lipinski definition) is 3. The maximum Gasteiger partial charge on any atom is 0.238 e. The average molecular weight is 238 g/mol. The predicted molar refractivity (Wildman–Crippen MR) is 64.7 cm³/mol. The molecule has 2 amide bonds. The van der Waals surface area contributed by atoms with Crippen LogP contribution in [0.2, 0.25) is 0 Å². The first kappa shape index (κ1) is 9.76. The highest BCUT2D eigenvalue weighted by Crippen LogP contribution is 2.58. The molecule has 1 aromatic heterocycles. The second kappa shape index (κ2) is 2.96. The van der Waals surface area contributed by atoms with Gasteiger partial charge in [-0.2, -0.15) is 0 Å². The van der Waals surface area contributed by atoms with Crippen molar-refractivity contribution in [2.45, 2.75) is 11.8 Å². The molecule has 4 nitrogen and oxygen atoms in total. The molecule has 1 saturated carbocycles. The number of rotatable bonds is 1. The SMILES string of the molecule is O=C1NC(=O)[C@]2(c3cccc4ncccc34)C[C@H]12. The Kier molecular flexibility index (Phi) is 1.60. The molecule has 18 heavy (non-hydrogen) atoms. The number of piperidine rings is 1. The first-order valence-electron chi connectivity index (χ1n) is 5.93. The van der Waals surface area contributed by atoms with Crippen LogP contribution >= 0.6 is 0 Å². The van der Waals surface area contributed by atoms with E-state index in [0.717, 1.165) is 16.5 Å². The van der Waals surface area contributed by atoms with Crippen LogP contribution in [0.1, 0.15) is 12.0 Å². The Balaban J connectivity index is 2.00. The Morgan fingerprint density at radius 2 is 2.11 bits per heavy atom. The van der Waals surface area contributed by atoms with E-state index in [1.54, 1.807) is 6.20 Å². The molecule has 0 bridgehead atoms. The van der Waals surface area contributed by atoms with E-state index >= 15 is 0 Å². The van der Waals surface area contributed by atoms with Crippen LogP contribution in [0.5, 0.6) is 0 Å². The Labute approximate surface area is 103 Å². The molecule has 1 aliphatic carbocycles. The van der Waals surface area contributed by atoms with Crippen molar-refractivity contribution in [1.82, 2.24) is 10.3 Å². The van der Waals surface area contributed by atoms with Gasteiger partial charge in [-0.15, -0.1) is 0 Å². The van der Waals surface area contributed by atoms with Crippen molar-refractivity contribution < 1.29 is 9.59 Å². The molecule has 1 aliphatic heterocycles. The topological polar surface area (TPSA) is 59.1 Å².